The maximum Gasteiger partial charge on any atom is 0.119 e. The third-order valence-electron chi connectivity index (χ3n) is 3.40. The molecule has 3 nitrogen and oxygen atoms in total. The molecule has 0 heterocycles. The first kappa shape index (κ1) is 21.0. The predicted octanol–water partition coefficient (Wildman–Crippen LogP) is 4.71. The lowest BCUT2D eigenvalue weighted by Crippen LogP contribution is -2.15. The van der Waals surface area contributed by atoms with Gasteiger partial charge in [0.15, 0.2) is 0 Å². The molecule has 1 N–H and O–H groups in total. The number of aliphatic hydroxyl groups excluding tert-OH is 1. The summed E-state index contributed by atoms with van der Waals surface area (Å²) in [5.41, 5.74) is 2.47. The molecule has 2 rings (SSSR count). The van der Waals surface area contributed by atoms with E-state index >= 15 is 0 Å². The van der Waals surface area contributed by atoms with Gasteiger partial charge in [0.1, 0.15) is 18.1 Å². The molecule has 2 aromatic rings. The fourth-order valence-electron chi connectivity index (χ4n) is 1.99. The molecule has 0 saturated carbocycles. The summed E-state index contributed by atoms with van der Waals surface area (Å²) in [6, 6.07) is 16.1. The average Bonchev–Trinajstić information content (AvgIpc) is 2.54. The van der Waals surface area contributed by atoms with Gasteiger partial charge in [-0.05, 0) is 48.2 Å². The van der Waals surface area contributed by atoms with E-state index in [9.17, 15) is 5.11 Å². The van der Waals surface area contributed by atoms with Crippen LogP contribution in [0.2, 0.25) is 0 Å². The van der Waals surface area contributed by atoms with Crippen molar-refractivity contribution in [1.82, 2.24) is 0 Å². The number of aliphatic hydroxyl groups is 1. The predicted molar refractivity (Wildman–Crippen MR) is 97.5 cm³/mol. The first-order chi connectivity index (χ1) is 10.2. The molecule has 0 radical (unpaired) electrons. The lowest BCUT2D eigenvalue weighted by Gasteiger charge is -2.10. The molecule has 0 fully saturated rings. The minimum Gasteiger partial charge on any atom is -0.497 e. The van der Waals surface area contributed by atoms with Crippen molar-refractivity contribution >= 4 is 0 Å². The van der Waals surface area contributed by atoms with Crippen LogP contribution in [0.3, 0.4) is 0 Å². The number of methoxy groups -OCH3 is 1. The molecule has 128 valence electrons. The molecule has 3 heteroatoms. The topological polar surface area (TPSA) is 38.7 Å². The highest BCUT2D eigenvalue weighted by molar-refractivity contribution is 5.34. The van der Waals surface area contributed by atoms with Crippen LogP contribution in [-0.4, -0.2) is 24.9 Å². The quantitative estimate of drug-likeness (QED) is 0.803. The summed E-state index contributed by atoms with van der Waals surface area (Å²) in [4.78, 5) is 0. The van der Waals surface area contributed by atoms with Crippen LogP contribution in [0.15, 0.2) is 48.5 Å². The van der Waals surface area contributed by atoms with Crippen molar-refractivity contribution < 1.29 is 14.6 Å². The van der Waals surface area contributed by atoms with E-state index < -0.39 is 6.10 Å². The first-order valence-corrected chi connectivity index (χ1v) is 7.24. The summed E-state index contributed by atoms with van der Waals surface area (Å²) >= 11 is 0. The van der Waals surface area contributed by atoms with Crippen molar-refractivity contribution in [2.24, 2.45) is 0 Å². The molecular formula is C20H30O3. The van der Waals surface area contributed by atoms with Gasteiger partial charge in [-0.25, -0.2) is 0 Å². The Balaban J connectivity index is 0.00000242. The van der Waals surface area contributed by atoms with Crippen molar-refractivity contribution in [3.05, 3.63) is 59.7 Å². The Bertz CT molecular complexity index is 532. The van der Waals surface area contributed by atoms with Crippen LogP contribution in [0.25, 0.3) is 0 Å². The van der Waals surface area contributed by atoms with Crippen molar-refractivity contribution in [2.75, 3.05) is 13.7 Å². The van der Waals surface area contributed by atoms with Crippen molar-refractivity contribution in [3.63, 3.8) is 0 Å². The zero-order valence-electron chi connectivity index (χ0n) is 12.6. The van der Waals surface area contributed by atoms with E-state index in [4.69, 9.17) is 9.47 Å². The van der Waals surface area contributed by atoms with E-state index in [2.05, 4.69) is 24.3 Å². The molecular weight excluding hydrogens is 288 g/mol. The molecule has 1 atom stereocenters. The summed E-state index contributed by atoms with van der Waals surface area (Å²) in [5, 5.41) is 9.48. The molecule has 2 aromatic carbocycles. The van der Waals surface area contributed by atoms with Crippen LogP contribution in [0, 0.1) is 0 Å². The number of ether oxygens (including phenoxy) is 2. The normalized spacial score (nSPS) is 10.9. The maximum atomic E-state index is 9.48. The van der Waals surface area contributed by atoms with Crippen LogP contribution in [-0.2, 0) is 6.42 Å². The second-order valence-corrected chi connectivity index (χ2v) is 5.04. The zero-order valence-corrected chi connectivity index (χ0v) is 12.6. The Labute approximate surface area is 140 Å². The Morgan fingerprint density at radius 1 is 0.870 bits per heavy atom. The SMILES string of the molecule is C.C.CCC(O)COc1ccc(Cc2ccc(OC)cc2)cc1. The van der Waals surface area contributed by atoms with Crippen molar-refractivity contribution in [1.29, 1.82) is 0 Å². The second kappa shape index (κ2) is 10.7. The van der Waals surface area contributed by atoms with Gasteiger partial charge in [0.25, 0.3) is 0 Å². The summed E-state index contributed by atoms with van der Waals surface area (Å²) < 4.78 is 10.7. The molecule has 0 aromatic heterocycles. The van der Waals surface area contributed by atoms with Crippen LogP contribution >= 0.6 is 0 Å². The Morgan fingerprint density at radius 2 is 1.35 bits per heavy atom. The molecule has 0 aliphatic rings. The van der Waals surface area contributed by atoms with E-state index in [1.54, 1.807) is 7.11 Å². The van der Waals surface area contributed by atoms with Gasteiger partial charge in [-0.15, -0.1) is 0 Å². The second-order valence-electron chi connectivity index (χ2n) is 5.04. The molecule has 1 unspecified atom stereocenters. The van der Waals surface area contributed by atoms with Crippen LogP contribution < -0.4 is 9.47 Å². The number of hydrogen-bond donors (Lipinski definition) is 1. The Kier molecular flexibility index (Phi) is 9.75. The fourth-order valence-corrected chi connectivity index (χ4v) is 1.99. The molecule has 0 spiro atoms. The number of hydrogen-bond acceptors (Lipinski definition) is 3. The molecule has 23 heavy (non-hydrogen) atoms. The van der Waals surface area contributed by atoms with E-state index in [0.29, 0.717) is 13.0 Å². The van der Waals surface area contributed by atoms with E-state index in [1.807, 2.05) is 31.2 Å². The number of rotatable bonds is 7. The highest BCUT2D eigenvalue weighted by Gasteiger charge is 2.02. The van der Waals surface area contributed by atoms with Gasteiger partial charge in [-0.1, -0.05) is 46.0 Å². The van der Waals surface area contributed by atoms with Crippen LogP contribution in [0.4, 0.5) is 0 Å². The molecule has 0 amide bonds. The summed E-state index contributed by atoms with van der Waals surface area (Å²) in [7, 11) is 1.67. The van der Waals surface area contributed by atoms with Gasteiger partial charge >= 0.3 is 0 Å². The van der Waals surface area contributed by atoms with Gasteiger partial charge in [-0.3, -0.25) is 0 Å². The minimum atomic E-state index is -0.399. The Morgan fingerprint density at radius 3 is 1.78 bits per heavy atom. The highest BCUT2D eigenvalue weighted by Crippen LogP contribution is 2.17. The van der Waals surface area contributed by atoms with E-state index in [0.717, 1.165) is 17.9 Å². The third-order valence-corrected chi connectivity index (χ3v) is 3.40. The average molecular weight is 318 g/mol. The van der Waals surface area contributed by atoms with Gasteiger partial charge in [0.05, 0.1) is 13.2 Å². The zero-order chi connectivity index (χ0) is 15.1. The van der Waals surface area contributed by atoms with Gasteiger partial charge in [0, 0.05) is 0 Å². The standard InChI is InChI=1S/C18H22O3.2CH4/c1-3-16(19)13-21-18-10-6-15(7-11-18)12-14-4-8-17(20-2)9-5-14;;/h4-11,16,19H,3,12-13H2,1-2H3;2*1H4. The molecule has 0 bridgehead atoms. The van der Waals surface area contributed by atoms with Crippen LogP contribution in [0.1, 0.15) is 39.3 Å². The highest BCUT2D eigenvalue weighted by atomic mass is 16.5. The molecule has 0 aliphatic heterocycles. The van der Waals surface area contributed by atoms with Crippen molar-refractivity contribution in [2.45, 2.75) is 40.7 Å². The lowest BCUT2D eigenvalue weighted by atomic mass is 10.0. The smallest absolute Gasteiger partial charge is 0.119 e. The molecule has 0 saturated heterocycles. The summed E-state index contributed by atoms with van der Waals surface area (Å²) in [6.07, 6.45) is 1.18. The first-order valence-electron chi connectivity index (χ1n) is 7.24. The summed E-state index contributed by atoms with van der Waals surface area (Å²) in [6.45, 7) is 2.28. The Hall–Kier alpha value is -2.00. The number of benzene rings is 2. The minimum absolute atomic E-state index is 0. The monoisotopic (exact) mass is 318 g/mol. The summed E-state index contributed by atoms with van der Waals surface area (Å²) in [5.74, 6) is 1.66. The van der Waals surface area contributed by atoms with Crippen molar-refractivity contribution in [3.8, 4) is 11.5 Å². The van der Waals surface area contributed by atoms with E-state index in [1.165, 1.54) is 11.1 Å². The van der Waals surface area contributed by atoms with E-state index in [-0.39, 0.29) is 14.9 Å². The van der Waals surface area contributed by atoms with Gasteiger partial charge in [0.2, 0.25) is 0 Å². The lowest BCUT2D eigenvalue weighted by molar-refractivity contribution is 0.104. The van der Waals surface area contributed by atoms with Gasteiger partial charge < -0.3 is 14.6 Å². The maximum absolute atomic E-state index is 9.48. The van der Waals surface area contributed by atoms with Crippen LogP contribution in [0.5, 0.6) is 11.5 Å². The fraction of sp³-hybridized carbons (Fsp3) is 0.400. The van der Waals surface area contributed by atoms with Gasteiger partial charge in [-0.2, -0.15) is 0 Å². The third kappa shape index (κ3) is 6.74. The molecule has 0 aliphatic carbocycles. The largest absolute Gasteiger partial charge is 0.497 e.